The van der Waals surface area contributed by atoms with E-state index in [-0.39, 0.29) is 0 Å². The summed E-state index contributed by atoms with van der Waals surface area (Å²) in [6.07, 6.45) is 4.98. The van der Waals surface area contributed by atoms with Crippen LogP contribution >= 0.6 is 11.3 Å². The first-order valence-corrected chi connectivity index (χ1v) is 11.5. The van der Waals surface area contributed by atoms with Crippen molar-refractivity contribution < 1.29 is 0 Å². The van der Waals surface area contributed by atoms with Crippen LogP contribution in [0.4, 0.5) is 0 Å². The summed E-state index contributed by atoms with van der Waals surface area (Å²) in [5, 5.41) is 9.41. The summed E-state index contributed by atoms with van der Waals surface area (Å²) in [6, 6.07) is 5.62. The molecule has 6 heteroatoms. The fourth-order valence-electron chi connectivity index (χ4n) is 4.16. The minimum atomic E-state index is 0.554. The van der Waals surface area contributed by atoms with Crippen LogP contribution in [0.25, 0.3) is 0 Å². The van der Waals surface area contributed by atoms with Crippen molar-refractivity contribution in [2.45, 2.75) is 58.2 Å². The summed E-state index contributed by atoms with van der Waals surface area (Å²) in [5.74, 6) is 1.74. The Morgan fingerprint density at radius 3 is 2.52 bits per heavy atom. The van der Waals surface area contributed by atoms with Gasteiger partial charge < -0.3 is 15.5 Å². The number of piperidine rings is 2. The number of nitrogens with one attached hydrogen (secondary N) is 2. The lowest BCUT2D eigenvalue weighted by molar-refractivity contribution is 0.166. The molecule has 2 N–H and O–H groups in total. The van der Waals surface area contributed by atoms with Gasteiger partial charge in [0.1, 0.15) is 0 Å². The smallest absolute Gasteiger partial charge is 0.191 e. The molecule has 0 atom stereocenters. The molecule has 0 amide bonds. The van der Waals surface area contributed by atoms with Gasteiger partial charge in [0, 0.05) is 50.2 Å². The van der Waals surface area contributed by atoms with Gasteiger partial charge in [-0.15, -0.1) is 11.3 Å². The highest BCUT2D eigenvalue weighted by molar-refractivity contribution is 7.09. The van der Waals surface area contributed by atoms with Crippen LogP contribution in [0.15, 0.2) is 22.5 Å². The first kappa shape index (κ1) is 20.6. The van der Waals surface area contributed by atoms with E-state index in [1.807, 2.05) is 18.4 Å². The highest BCUT2D eigenvalue weighted by Gasteiger charge is 2.23. The largest absolute Gasteiger partial charge is 0.356 e. The van der Waals surface area contributed by atoms with Crippen LogP contribution in [0, 0.1) is 5.92 Å². The van der Waals surface area contributed by atoms with E-state index in [0.717, 1.165) is 25.0 Å². The monoisotopic (exact) mass is 391 g/mol. The third-order valence-electron chi connectivity index (χ3n) is 6.05. The van der Waals surface area contributed by atoms with Gasteiger partial charge in [-0.05, 0) is 70.0 Å². The number of nitrogens with zero attached hydrogens (tertiary/aromatic N) is 3. The summed E-state index contributed by atoms with van der Waals surface area (Å²) in [6.45, 7) is 11.5. The van der Waals surface area contributed by atoms with Crippen LogP contribution in [-0.2, 0) is 6.54 Å². The molecular weight excluding hydrogens is 354 g/mol. The lowest BCUT2D eigenvalue weighted by atomic mass is 9.97. The Labute approximate surface area is 169 Å². The maximum Gasteiger partial charge on any atom is 0.191 e. The first-order valence-electron chi connectivity index (χ1n) is 10.6. The number of likely N-dealkylation sites (tertiary alicyclic amines) is 2. The molecule has 2 aliphatic rings. The summed E-state index contributed by atoms with van der Waals surface area (Å²) in [4.78, 5) is 11.1. The van der Waals surface area contributed by atoms with E-state index in [2.05, 4.69) is 56.8 Å². The van der Waals surface area contributed by atoms with Crippen LogP contribution in [0.1, 0.15) is 44.4 Å². The van der Waals surface area contributed by atoms with E-state index >= 15 is 0 Å². The van der Waals surface area contributed by atoms with Crippen LogP contribution in [0.2, 0.25) is 0 Å². The van der Waals surface area contributed by atoms with E-state index in [9.17, 15) is 0 Å². The van der Waals surface area contributed by atoms with Crippen molar-refractivity contribution in [3.05, 3.63) is 22.4 Å². The van der Waals surface area contributed by atoms with Crippen LogP contribution in [0.3, 0.4) is 0 Å². The van der Waals surface area contributed by atoms with Crippen molar-refractivity contribution in [2.75, 3.05) is 39.8 Å². The number of rotatable bonds is 6. The second-order valence-corrected chi connectivity index (χ2v) is 9.33. The maximum absolute atomic E-state index is 4.46. The Balaban J connectivity index is 1.33. The fourth-order valence-corrected chi connectivity index (χ4v) is 4.91. The maximum atomic E-state index is 4.46. The fraction of sp³-hybridized carbons (Fsp3) is 0.762. The first-order chi connectivity index (χ1) is 13.1. The van der Waals surface area contributed by atoms with Gasteiger partial charge in [-0.2, -0.15) is 0 Å². The molecule has 0 radical (unpaired) electrons. The molecule has 2 aliphatic heterocycles. The zero-order chi connectivity index (χ0) is 19.1. The number of hydrogen-bond donors (Lipinski definition) is 2. The van der Waals surface area contributed by atoms with Gasteiger partial charge in [-0.3, -0.25) is 9.89 Å². The van der Waals surface area contributed by atoms with Crippen molar-refractivity contribution in [1.29, 1.82) is 0 Å². The average Bonchev–Trinajstić information content (AvgIpc) is 3.19. The van der Waals surface area contributed by atoms with Gasteiger partial charge in [0.25, 0.3) is 0 Å². The van der Waals surface area contributed by atoms with Crippen molar-refractivity contribution in [2.24, 2.45) is 10.9 Å². The summed E-state index contributed by atoms with van der Waals surface area (Å²) in [7, 11) is 1.89. The van der Waals surface area contributed by atoms with Crippen molar-refractivity contribution in [3.8, 4) is 0 Å². The average molecular weight is 392 g/mol. The Kier molecular flexibility index (Phi) is 7.97. The molecular formula is C21H37N5S. The molecule has 3 rings (SSSR count). The second-order valence-electron chi connectivity index (χ2n) is 8.30. The molecule has 0 spiro atoms. The Morgan fingerprint density at radius 2 is 1.93 bits per heavy atom. The topological polar surface area (TPSA) is 42.9 Å². The van der Waals surface area contributed by atoms with E-state index in [1.54, 1.807) is 0 Å². The van der Waals surface area contributed by atoms with Gasteiger partial charge in [0.2, 0.25) is 0 Å². The molecule has 3 heterocycles. The Hall–Kier alpha value is -1.11. The van der Waals surface area contributed by atoms with E-state index in [0.29, 0.717) is 12.1 Å². The molecule has 1 aromatic rings. The minimum Gasteiger partial charge on any atom is -0.356 e. The zero-order valence-corrected chi connectivity index (χ0v) is 18.1. The van der Waals surface area contributed by atoms with Crippen molar-refractivity contribution in [1.82, 2.24) is 20.4 Å². The Bertz CT molecular complexity index is 555. The third kappa shape index (κ3) is 6.47. The molecule has 0 aliphatic carbocycles. The van der Waals surface area contributed by atoms with Crippen molar-refractivity contribution >= 4 is 17.3 Å². The van der Waals surface area contributed by atoms with Gasteiger partial charge in [-0.1, -0.05) is 6.07 Å². The zero-order valence-electron chi connectivity index (χ0n) is 17.3. The van der Waals surface area contributed by atoms with E-state index < -0.39 is 0 Å². The number of aliphatic imine (C=N–C) groups is 1. The van der Waals surface area contributed by atoms with Gasteiger partial charge in [0.05, 0.1) is 0 Å². The van der Waals surface area contributed by atoms with Crippen LogP contribution < -0.4 is 10.6 Å². The van der Waals surface area contributed by atoms with Crippen LogP contribution in [0.5, 0.6) is 0 Å². The molecule has 0 aromatic carbocycles. The summed E-state index contributed by atoms with van der Waals surface area (Å²) >= 11 is 1.87. The summed E-state index contributed by atoms with van der Waals surface area (Å²) in [5.41, 5.74) is 0. The molecule has 2 saturated heterocycles. The highest BCUT2D eigenvalue weighted by Crippen LogP contribution is 2.20. The van der Waals surface area contributed by atoms with Gasteiger partial charge >= 0.3 is 0 Å². The normalized spacial score (nSPS) is 21.7. The minimum absolute atomic E-state index is 0.554. The second kappa shape index (κ2) is 10.4. The quantitative estimate of drug-likeness (QED) is 0.578. The highest BCUT2D eigenvalue weighted by atomic mass is 32.1. The standard InChI is InChI=1S/C21H37N5S/c1-17(2)26-12-8-19(9-13-26)24-21(22-3)23-15-18-6-10-25(11-7-18)16-20-5-4-14-27-20/h4-5,14,17-19H,6-13,15-16H2,1-3H3,(H2,22,23,24). The van der Waals surface area contributed by atoms with E-state index in [1.165, 1.54) is 56.7 Å². The number of thiophene rings is 1. The Morgan fingerprint density at radius 1 is 1.19 bits per heavy atom. The molecule has 2 fully saturated rings. The molecule has 1 aromatic heterocycles. The molecule has 0 saturated carbocycles. The molecule has 27 heavy (non-hydrogen) atoms. The predicted molar refractivity (Wildman–Crippen MR) is 117 cm³/mol. The molecule has 152 valence electrons. The lowest BCUT2D eigenvalue weighted by Gasteiger charge is -2.36. The lowest BCUT2D eigenvalue weighted by Crippen LogP contribution is -2.50. The number of guanidine groups is 1. The molecule has 5 nitrogen and oxygen atoms in total. The third-order valence-corrected chi connectivity index (χ3v) is 6.91. The predicted octanol–water partition coefficient (Wildman–Crippen LogP) is 3.00. The van der Waals surface area contributed by atoms with E-state index in [4.69, 9.17) is 0 Å². The molecule has 0 unspecified atom stereocenters. The SMILES string of the molecule is CN=C(NCC1CCN(Cc2cccs2)CC1)NC1CCN(C(C)C)CC1. The number of hydrogen-bond acceptors (Lipinski definition) is 4. The van der Waals surface area contributed by atoms with Crippen LogP contribution in [-0.4, -0.2) is 67.6 Å². The van der Waals surface area contributed by atoms with Gasteiger partial charge in [0.15, 0.2) is 5.96 Å². The van der Waals surface area contributed by atoms with Crippen molar-refractivity contribution in [3.63, 3.8) is 0 Å². The van der Waals surface area contributed by atoms with Gasteiger partial charge in [-0.25, -0.2) is 0 Å². The summed E-state index contributed by atoms with van der Waals surface area (Å²) < 4.78 is 0. The molecule has 0 bridgehead atoms.